The van der Waals surface area contributed by atoms with Gasteiger partial charge in [-0.25, -0.2) is 4.98 Å². The number of pyridine rings is 1. The van der Waals surface area contributed by atoms with Crippen LogP contribution in [0.2, 0.25) is 0 Å². The molecule has 1 aromatic heterocycles. The van der Waals surface area contributed by atoms with E-state index in [9.17, 15) is 10.1 Å². The van der Waals surface area contributed by atoms with Crippen molar-refractivity contribution in [1.29, 1.82) is 0 Å². The molecule has 0 aromatic carbocycles. The number of aryl methyl sites for hydroxylation is 2. The number of hydrogen-bond donors (Lipinski definition) is 0. The van der Waals surface area contributed by atoms with E-state index in [1.165, 1.54) is 6.07 Å². The van der Waals surface area contributed by atoms with Gasteiger partial charge >= 0.3 is 0 Å². The van der Waals surface area contributed by atoms with Crippen LogP contribution in [0.25, 0.3) is 0 Å². The van der Waals surface area contributed by atoms with Gasteiger partial charge in [-0.1, -0.05) is 0 Å². The lowest BCUT2D eigenvalue weighted by atomic mass is 10.1. The number of aromatic nitrogens is 1. The molecule has 1 fully saturated rings. The Morgan fingerprint density at radius 2 is 2.11 bits per heavy atom. The predicted octanol–water partition coefficient (Wildman–Crippen LogP) is 2.16. The van der Waals surface area contributed by atoms with Crippen molar-refractivity contribution in [1.82, 2.24) is 4.98 Å². The van der Waals surface area contributed by atoms with Gasteiger partial charge in [0, 0.05) is 24.5 Å². The standard InChI is InChI=1S/C12H16N2O4/c1-8-7-11(14(15)16)9(2)13-12(8)18-10-3-5-17-6-4-10/h7,10H,3-6H2,1-2H3. The summed E-state index contributed by atoms with van der Waals surface area (Å²) in [6.45, 7) is 4.77. The molecule has 6 nitrogen and oxygen atoms in total. The van der Waals surface area contributed by atoms with Crippen LogP contribution < -0.4 is 4.74 Å². The zero-order valence-corrected chi connectivity index (χ0v) is 10.5. The van der Waals surface area contributed by atoms with Crippen LogP contribution in [-0.2, 0) is 4.74 Å². The molecule has 0 N–H and O–H groups in total. The molecule has 0 bridgehead atoms. The average Bonchev–Trinajstić information content (AvgIpc) is 2.34. The molecule has 0 saturated carbocycles. The lowest BCUT2D eigenvalue weighted by molar-refractivity contribution is -0.385. The second-order valence-electron chi connectivity index (χ2n) is 4.40. The van der Waals surface area contributed by atoms with Crippen LogP contribution in [0, 0.1) is 24.0 Å². The maximum atomic E-state index is 10.8. The Morgan fingerprint density at radius 3 is 2.72 bits per heavy atom. The molecule has 0 unspecified atom stereocenters. The van der Waals surface area contributed by atoms with Crippen molar-refractivity contribution in [3.05, 3.63) is 27.4 Å². The van der Waals surface area contributed by atoms with Crippen LogP contribution in [0.1, 0.15) is 24.1 Å². The molecule has 1 aromatic rings. The highest BCUT2D eigenvalue weighted by Gasteiger charge is 2.20. The Balaban J connectivity index is 2.18. The maximum Gasteiger partial charge on any atom is 0.290 e. The van der Waals surface area contributed by atoms with E-state index in [1.54, 1.807) is 13.8 Å². The predicted molar refractivity (Wildman–Crippen MR) is 64.8 cm³/mol. The zero-order chi connectivity index (χ0) is 13.1. The molecule has 1 aliphatic heterocycles. The first-order valence-electron chi connectivity index (χ1n) is 5.95. The fourth-order valence-electron chi connectivity index (χ4n) is 1.92. The van der Waals surface area contributed by atoms with Gasteiger partial charge in [-0.3, -0.25) is 10.1 Å². The van der Waals surface area contributed by atoms with E-state index in [2.05, 4.69) is 4.98 Å². The highest BCUT2D eigenvalue weighted by molar-refractivity contribution is 5.42. The average molecular weight is 252 g/mol. The molecule has 2 rings (SSSR count). The zero-order valence-electron chi connectivity index (χ0n) is 10.5. The Bertz CT molecular complexity index is 456. The van der Waals surface area contributed by atoms with E-state index in [4.69, 9.17) is 9.47 Å². The third-order valence-electron chi connectivity index (χ3n) is 2.97. The van der Waals surface area contributed by atoms with E-state index < -0.39 is 4.92 Å². The van der Waals surface area contributed by atoms with E-state index >= 15 is 0 Å². The van der Waals surface area contributed by atoms with Crippen LogP contribution in [0.15, 0.2) is 6.07 Å². The van der Waals surface area contributed by atoms with Crippen molar-refractivity contribution in [3.63, 3.8) is 0 Å². The van der Waals surface area contributed by atoms with E-state index in [1.807, 2.05) is 0 Å². The quantitative estimate of drug-likeness (QED) is 0.608. The largest absolute Gasteiger partial charge is 0.474 e. The first kappa shape index (κ1) is 12.8. The van der Waals surface area contributed by atoms with Crippen LogP contribution in [0.3, 0.4) is 0 Å². The summed E-state index contributed by atoms with van der Waals surface area (Å²) in [5.74, 6) is 0.491. The second-order valence-corrected chi connectivity index (χ2v) is 4.40. The summed E-state index contributed by atoms with van der Waals surface area (Å²) in [4.78, 5) is 14.5. The Morgan fingerprint density at radius 1 is 1.44 bits per heavy atom. The lowest BCUT2D eigenvalue weighted by Gasteiger charge is -2.23. The molecular formula is C12H16N2O4. The minimum Gasteiger partial charge on any atom is -0.474 e. The number of rotatable bonds is 3. The summed E-state index contributed by atoms with van der Waals surface area (Å²) >= 11 is 0. The molecule has 2 heterocycles. The number of nitrogens with zero attached hydrogens (tertiary/aromatic N) is 2. The van der Waals surface area contributed by atoms with Crippen LogP contribution in [0.5, 0.6) is 5.88 Å². The SMILES string of the molecule is Cc1cc([N+](=O)[O-])c(C)nc1OC1CCOCC1. The first-order valence-corrected chi connectivity index (χ1v) is 5.95. The molecule has 1 aliphatic rings. The highest BCUT2D eigenvalue weighted by atomic mass is 16.6. The fraction of sp³-hybridized carbons (Fsp3) is 0.583. The molecule has 1 saturated heterocycles. The van der Waals surface area contributed by atoms with Crippen LogP contribution >= 0.6 is 0 Å². The molecule has 0 spiro atoms. The minimum atomic E-state index is -0.423. The second kappa shape index (κ2) is 5.30. The number of hydrogen-bond acceptors (Lipinski definition) is 5. The summed E-state index contributed by atoms with van der Waals surface area (Å²) < 4.78 is 11.0. The Labute approximate surface area is 105 Å². The Hall–Kier alpha value is -1.69. The van der Waals surface area contributed by atoms with Gasteiger partial charge in [0.25, 0.3) is 5.69 Å². The maximum absolute atomic E-state index is 10.8. The van der Waals surface area contributed by atoms with E-state index in [0.29, 0.717) is 30.4 Å². The molecule has 0 atom stereocenters. The van der Waals surface area contributed by atoms with Gasteiger partial charge in [-0.05, 0) is 13.8 Å². The molecule has 0 amide bonds. The van der Waals surface area contributed by atoms with Gasteiger partial charge < -0.3 is 9.47 Å². The van der Waals surface area contributed by atoms with Crippen molar-refractivity contribution in [2.75, 3.05) is 13.2 Å². The normalized spacial score (nSPS) is 16.6. The van der Waals surface area contributed by atoms with Crippen molar-refractivity contribution >= 4 is 5.69 Å². The smallest absolute Gasteiger partial charge is 0.290 e. The van der Waals surface area contributed by atoms with E-state index in [0.717, 1.165) is 12.8 Å². The van der Waals surface area contributed by atoms with Crippen molar-refractivity contribution in [2.24, 2.45) is 0 Å². The monoisotopic (exact) mass is 252 g/mol. The number of ether oxygens (including phenoxy) is 2. The summed E-state index contributed by atoms with van der Waals surface area (Å²) in [6.07, 6.45) is 1.75. The molecule has 98 valence electrons. The highest BCUT2D eigenvalue weighted by Crippen LogP contribution is 2.26. The minimum absolute atomic E-state index is 0.0341. The summed E-state index contributed by atoms with van der Waals surface area (Å²) in [5.41, 5.74) is 1.11. The van der Waals surface area contributed by atoms with Gasteiger partial charge in [-0.2, -0.15) is 0 Å². The van der Waals surface area contributed by atoms with Crippen molar-refractivity contribution < 1.29 is 14.4 Å². The molecule has 0 radical (unpaired) electrons. The molecule has 6 heteroatoms. The lowest BCUT2D eigenvalue weighted by Crippen LogP contribution is -2.26. The fourth-order valence-corrected chi connectivity index (χ4v) is 1.92. The molecule has 0 aliphatic carbocycles. The molecule has 18 heavy (non-hydrogen) atoms. The third kappa shape index (κ3) is 2.76. The van der Waals surface area contributed by atoms with Gasteiger partial charge in [-0.15, -0.1) is 0 Å². The van der Waals surface area contributed by atoms with Gasteiger partial charge in [0.1, 0.15) is 11.8 Å². The molecular weight excluding hydrogens is 236 g/mol. The third-order valence-corrected chi connectivity index (χ3v) is 2.97. The van der Waals surface area contributed by atoms with Crippen molar-refractivity contribution in [3.8, 4) is 5.88 Å². The summed E-state index contributed by atoms with van der Waals surface area (Å²) in [7, 11) is 0. The van der Waals surface area contributed by atoms with Gasteiger partial charge in [0.2, 0.25) is 5.88 Å². The summed E-state index contributed by atoms with van der Waals surface area (Å²) in [6, 6.07) is 1.51. The van der Waals surface area contributed by atoms with Crippen LogP contribution in [-0.4, -0.2) is 29.2 Å². The summed E-state index contributed by atoms with van der Waals surface area (Å²) in [5, 5.41) is 10.8. The number of nitro groups is 1. The topological polar surface area (TPSA) is 74.5 Å². The van der Waals surface area contributed by atoms with Gasteiger partial charge in [0.15, 0.2) is 0 Å². The van der Waals surface area contributed by atoms with E-state index in [-0.39, 0.29) is 11.8 Å². The first-order chi connectivity index (χ1) is 8.58. The van der Waals surface area contributed by atoms with Crippen LogP contribution in [0.4, 0.5) is 5.69 Å². The van der Waals surface area contributed by atoms with Crippen molar-refractivity contribution in [2.45, 2.75) is 32.8 Å². The van der Waals surface area contributed by atoms with Gasteiger partial charge in [0.05, 0.1) is 18.1 Å². The Kier molecular flexibility index (Phi) is 3.76.